The molecule has 0 heterocycles. The Balaban J connectivity index is 2.62. The summed E-state index contributed by atoms with van der Waals surface area (Å²) in [4.78, 5) is 34.9. The van der Waals surface area contributed by atoms with Crippen LogP contribution in [0.2, 0.25) is 0 Å². The molecule has 1 aromatic rings. The van der Waals surface area contributed by atoms with Crippen LogP contribution >= 0.6 is 0 Å². The van der Waals surface area contributed by atoms with Crippen LogP contribution in [0.3, 0.4) is 0 Å². The molecule has 1 atom stereocenters. The van der Waals surface area contributed by atoms with Crippen molar-refractivity contribution in [3.63, 3.8) is 0 Å². The van der Waals surface area contributed by atoms with Crippen LogP contribution in [-0.4, -0.2) is 41.1 Å². The second kappa shape index (κ2) is 8.30. The predicted molar refractivity (Wildman–Crippen MR) is 91.7 cm³/mol. The summed E-state index contributed by atoms with van der Waals surface area (Å²) < 4.78 is 0. The summed E-state index contributed by atoms with van der Waals surface area (Å²) in [6.45, 7) is 6.43. The standard InChI is InChI=1S/C16H24N4O4/c1-10(14(23)19-15(24)20-16(2,3)4)17-11-6-5-7-12(8-11)18-13(22)9-21/h5-8,10,17,21H,9H2,1-4H3,(H,18,22)(H2,19,20,23,24)/t10-/m1/s1. The number of benzene rings is 1. The van der Waals surface area contributed by atoms with Gasteiger partial charge >= 0.3 is 6.03 Å². The molecular formula is C16H24N4O4. The Morgan fingerprint density at radius 2 is 1.79 bits per heavy atom. The smallest absolute Gasteiger partial charge is 0.321 e. The molecule has 5 N–H and O–H groups in total. The summed E-state index contributed by atoms with van der Waals surface area (Å²) in [6.07, 6.45) is 0. The van der Waals surface area contributed by atoms with Crippen LogP contribution in [0.1, 0.15) is 27.7 Å². The first-order valence-corrected chi connectivity index (χ1v) is 7.51. The van der Waals surface area contributed by atoms with Gasteiger partial charge in [-0.15, -0.1) is 0 Å². The fourth-order valence-corrected chi connectivity index (χ4v) is 1.79. The van der Waals surface area contributed by atoms with Gasteiger partial charge in [-0.05, 0) is 45.9 Å². The van der Waals surface area contributed by atoms with Crippen molar-refractivity contribution in [1.29, 1.82) is 0 Å². The number of aliphatic hydroxyl groups is 1. The van der Waals surface area contributed by atoms with E-state index in [1.165, 1.54) is 0 Å². The molecule has 0 aromatic heterocycles. The number of imide groups is 1. The molecule has 0 spiro atoms. The third kappa shape index (κ3) is 7.10. The van der Waals surface area contributed by atoms with Crippen molar-refractivity contribution in [3.05, 3.63) is 24.3 Å². The third-order valence-electron chi connectivity index (χ3n) is 2.79. The van der Waals surface area contributed by atoms with Crippen molar-refractivity contribution >= 4 is 29.2 Å². The Morgan fingerprint density at radius 3 is 2.38 bits per heavy atom. The maximum absolute atomic E-state index is 12.0. The number of aliphatic hydroxyl groups excluding tert-OH is 1. The first kappa shape index (κ1) is 19.4. The first-order valence-electron chi connectivity index (χ1n) is 7.51. The monoisotopic (exact) mass is 336 g/mol. The number of nitrogens with one attached hydrogen (secondary N) is 4. The van der Waals surface area contributed by atoms with Gasteiger partial charge in [0.05, 0.1) is 0 Å². The minimum Gasteiger partial charge on any atom is -0.387 e. The van der Waals surface area contributed by atoms with Gasteiger partial charge in [-0.2, -0.15) is 0 Å². The minimum atomic E-state index is -0.667. The number of carbonyl (C=O) groups is 3. The number of carbonyl (C=O) groups excluding carboxylic acids is 3. The van der Waals surface area contributed by atoms with Crippen molar-refractivity contribution in [1.82, 2.24) is 10.6 Å². The maximum Gasteiger partial charge on any atom is 0.321 e. The summed E-state index contributed by atoms with van der Waals surface area (Å²) in [5.74, 6) is -1.02. The molecule has 8 nitrogen and oxygen atoms in total. The minimum absolute atomic E-state index is 0.444. The molecule has 0 aliphatic rings. The van der Waals surface area contributed by atoms with E-state index in [0.29, 0.717) is 11.4 Å². The summed E-state index contributed by atoms with van der Waals surface area (Å²) in [6, 6.07) is 5.44. The molecule has 0 aliphatic carbocycles. The van der Waals surface area contributed by atoms with Crippen molar-refractivity contribution < 1.29 is 19.5 Å². The van der Waals surface area contributed by atoms with Crippen LogP contribution in [0.4, 0.5) is 16.2 Å². The zero-order valence-corrected chi connectivity index (χ0v) is 14.3. The average molecular weight is 336 g/mol. The van der Waals surface area contributed by atoms with E-state index >= 15 is 0 Å². The lowest BCUT2D eigenvalue weighted by molar-refractivity contribution is -0.120. The van der Waals surface area contributed by atoms with Crippen LogP contribution in [0.25, 0.3) is 0 Å². The number of urea groups is 1. The molecule has 0 saturated heterocycles. The fourth-order valence-electron chi connectivity index (χ4n) is 1.79. The summed E-state index contributed by atoms with van der Waals surface area (Å²) >= 11 is 0. The molecule has 0 bridgehead atoms. The lowest BCUT2D eigenvalue weighted by atomic mass is 10.1. The fraction of sp³-hybridized carbons (Fsp3) is 0.438. The van der Waals surface area contributed by atoms with Gasteiger partial charge in [0.15, 0.2) is 0 Å². The van der Waals surface area contributed by atoms with E-state index in [4.69, 9.17) is 5.11 Å². The average Bonchev–Trinajstić information content (AvgIpc) is 2.45. The van der Waals surface area contributed by atoms with Crippen LogP contribution in [0.15, 0.2) is 24.3 Å². The Hall–Kier alpha value is -2.61. The Morgan fingerprint density at radius 1 is 1.17 bits per heavy atom. The third-order valence-corrected chi connectivity index (χ3v) is 2.79. The van der Waals surface area contributed by atoms with E-state index in [1.54, 1.807) is 31.2 Å². The lowest BCUT2D eigenvalue weighted by Crippen LogP contribution is -2.51. The molecule has 0 fully saturated rings. The summed E-state index contributed by atoms with van der Waals surface area (Å²) in [5, 5.41) is 19.1. The van der Waals surface area contributed by atoms with Crippen molar-refractivity contribution in [2.75, 3.05) is 17.2 Å². The van der Waals surface area contributed by atoms with Gasteiger partial charge in [0.2, 0.25) is 11.8 Å². The second-order valence-corrected chi connectivity index (χ2v) is 6.35. The van der Waals surface area contributed by atoms with Crippen LogP contribution in [0, 0.1) is 0 Å². The SMILES string of the molecule is C[C@@H](Nc1cccc(NC(=O)CO)c1)C(=O)NC(=O)NC(C)(C)C. The molecule has 1 rings (SSSR count). The molecule has 0 saturated carbocycles. The summed E-state index contributed by atoms with van der Waals surface area (Å²) in [7, 11) is 0. The number of hydrogen-bond donors (Lipinski definition) is 5. The highest BCUT2D eigenvalue weighted by molar-refractivity contribution is 5.98. The molecule has 1 aromatic carbocycles. The quantitative estimate of drug-likeness (QED) is 0.550. The predicted octanol–water partition coefficient (Wildman–Crippen LogP) is 1.04. The number of hydrogen-bond acceptors (Lipinski definition) is 5. The Labute approximate surface area is 141 Å². The van der Waals surface area contributed by atoms with E-state index in [-0.39, 0.29) is 0 Å². The molecule has 8 heteroatoms. The van der Waals surface area contributed by atoms with Crippen molar-refractivity contribution in [3.8, 4) is 0 Å². The highest BCUT2D eigenvalue weighted by Gasteiger charge is 2.19. The Bertz CT molecular complexity index is 610. The largest absolute Gasteiger partial charge is 0.387 e. The van der Waals surface area contributed by atoms with E-state index in [1.807, 2.05) is 20.8 Å². The first-order chi connectivity index (χ1) is 11.1. The maximum atomic E-state index is 12.0. The van der Waals surface area contributed by atoms with E-state index < -0.39 is 36.0 Å². The summed E-state index contributed by atoms with van der Waals surface area (Å²) in [5.41, 5.74) is 0.627. The van der Waals surface area contributed by atoms with Crippen LogP contribution < -0.4 is 21.3 Å². The van der Waals surface area contributed by atoms with Gasteiger partial charge < -0.3 is 21.1 Å². The zero-order chi connectivity index (χ0) is 18.3. The number of amides is 4. The number of rotatable bonds is 5. The zero-order valence-electron chi connectivity index (χ0n) is 14.3. The van der Waals surface area contributed by atoms with Crippen molar-refractivity contribution in [2.45, 2.75) is 39.3 Å². The van der Waals surface area contributed by atoms with Gasteiger partial charge in [-0.1, -0.05) is 6.07 Å². The van der Waals surface area contributed by atoms with Gasteiger partial charge in [-0.3, -0.25) is 14.9 Å². The van der Waals surface area contributed by atoms with E-state index in [2.05, 4.69) is 21.3 Å². The molecular weight excluding hydrogens is 312 g/mol. The molecule has 132 valence electrons. The number of anilines is 2. The highest BCUT2D eigenvalue weighted by atomic mass is 16.3. The van der Waals surface area contributed by atoms with Gasteiger partial charge in [0.25, 0.3) is 0 Å². The molecule has 4 amide bonds. The molecule has 24 heavy (non-hydrogen) atoms. The highest BCUT2D eigenvalue weighted by Crippen LogP contribution is 2.16. The molecule has 0 aliphatic heterocycles. The molecule has 0 radical (unpaired) electrons. The second-order valence-electron chi connectivity index (χ2n) is 6.35. The van der Waals surface area contributed by atoms with E-state index in [0.717, 1.165) is 0 Å². The lowest BCUT2D eigenvalue weighted by Gasteiger charge is -2.21. The normalized spacial score (nSPS) is 12.0. The topological polar surface area (TPSA) is 120 Å². The molecule has 0 unspecified atom stereocenters. The van der Waals surface area contributed by atoms with Gasteiger partial charge in [0.1, 0.15) is 12.6 Å². The van der Waals surface area contributed by atoms with Crippen LogP contribution in [-0.2, 0) is 9.59 Å². The van der Waals surface area contributed by atoms with E-state index in [9.17, 15) is 14.4 Å². The van der Waals surface area contributed by atoms with Crippen molar-refractivity contribution in [2.24, 2.45) is 0 Å². The van der Waals surface area contributed by atoms with Gasteiger partial charge in [0, 0.05) is 16.9 Å². The Kier molecular flexibility index (Phi) is 6.72. The van der Waals surface area contributed by atoms with Gasteiger partial charge in [-0.25, -0.2) is 4.79 Å². The van der Waals surface area contributed by atoms with Crippen LogP contribution in [0.5, 0.6) is 0 Å².